The fourth-order valence-corrected chi connectivity index (χ4v) is 1.06. The number of halogens is 1. The molecule has 6 heteroatoms. The highest BCUT2D eigenvalue weighted by Crippen LogP contribution is 2.11. The van der Waals surface area contributed by atoms with E-state index in [1.807, 2.05) is 0 Å². The van der Waals surface area contributed by atoms with Gasteiger partial charge in [-0.05, 0) is 18.2 Å². The van der Waals surface area contributed by atoms with Gasteiger partial charge >= 0.3 is 0 Å². The summed E-state index contributed by atoms with van der Waals surface area (Å²) in [4.78, 5) is 13.1. The molecule has 0 aromatic heterocycles. The lowest BCUT2D eigenvalue weighted by atomic mass is 10.2. The lowest BCUT2D eigenvalue weighted by Gasteiger charge is -2.04. The van der Waals surface area contributed by atoms with E-state index in [1.54, 1.807) is 18.2 Å². The second-order valence-electron chi connectivity index (χ2n) is 2.51. The third-order valence-electron chi connectivity index (χ3n) is 1.47. The van der Waals surface area contributed by atoms with Crippen molar-refractivity contribution in [3.63, 3.8) is 0 Å². The van der Waals surface area contributed by atoms with Gasteiger partial charge in [0.25, 0.3) is 6.02 Å². The highest BCUT2D eigenvalue weighted by molar-refractivity contribution is 6.31. The molecule has 0 saturated heterocycles. The average Bonchev–Trinajstić information content (AvgIpc) is 2.18. The fraction of sp³-hybridized carbons (Fsp3) is 0. The quantitative estimate of drug-likeness (QED) is 0.450. The molecule has 15 heavy (non-hydrogen) atoms. The molecule has 0 aliphatic heterocycles. The first kappa shape index (κ1) is 11.2. The predicted molar refractivity (Wildman–Crippen MR) is 57.1 cm³/mol. The number of ether oxygens (including phenoxy) is 1. The Labute approximate surface area is 91.0 Å². The van der Waals surface area contributed by atoms with Gasteiger partial charge in [-0.25, -0.2) is 0 Å². The number of hydrogen-bond donors (Lipinski definition) is 2. The summed E-state index contributed by atoms with van der Waals surface area (Å²) in [6.07, 6.45) is 0.237. The van der Waals surface area contributed by atoms with Crippen molar-refractivity contribution in [3.8, 4) is 0 Å². The van der Waals surface area contributed by atoms with Gasteiger partial charge in [0.1, 0.15) is 0 Å². The first-order chi connectivity index (χ1) is 7.13. The molecule has 1 amide bonds. The number of amidine groups is 1. The lowest BCUT2D eigenvalue weighted by molar-refractivity contribution is -0.106. The molecule has 3 N–H and O–H groups in total. The van der Waals surface area contributed by atoms with Gasteiger partial charge in [0.15, 0.2) is 0 Å². The molecule has 0 bridgehead atoms. The van der Waals surface area contributed by atoms with Crippen LogP contribution in [0, 0.1) is 5.41 Å². The van der Waals surface area contributed by atoms with Crippen LogP contribution in [-0.2, 0) is 9.53 Å². The summed E-state index contributed by atoms with van der Waals surface area (Å²) in [5.41, 5.74) is 5.63. The highest BCUT2D eigenvalue weighted by Gasteiger charge is 2.05. The molecule has 0 atom stereocenters. The Hall–Kier alpha value is -1.88. The van der Waals surface area contributed by atoms with E-state index in [1.165, 1.54) is 6.07 Å². The van der Waals surface area contributed by atoms with Crippen molar-refractivity contribution < 1.29 is 9.53 Å². The largest absolute Gasteiger partial charge is 0.407 e. The fourth-order valence-electron chi connectivity index (χ4n) is 0.872. The maximum absolute atomic E-state index is 9.95. The van der Waals surface area contributed by atoms with E-state index in [-0.39, 0.29) is 18.3 Å². The molecule has 0 spiro atoms. The Morgan fingerprint density at radius 1 is 1.60 bits per heavy atom. The van der Waals surface area contributed by atoms with Crippen LogP contribution in [0.4, 0.5) is 0 Å². The zero-order valence-electron chi connectivity index (χ0n) is 7.61. The maximum atomic E-state index is 9.95. The van der Waals surface area contributed by atoms with Crippen LogP contribution in [0.3, 0.4) is 0 Å². The van der Waals surface area contributed by atoms with Crippen LogP contribution in [0.5, 0.6) is 0 Å². The normalized spacial score (nSPS) is 10.9. The van der Waals surface area contributed by atoms with Crippen molar-refractivity contribution >= 4 is 29.9 Å². The second kappa shape index (κ2) is 5.11. The molecular weight excluding hydrogens is 218 g/mol. The highest BCUT2D eigenvalue weighted by atomic mass is 35.5. The molecule has 0 heterocycles. The Morgan fingerprint density at radius 3 is 2.93 bits per heavy atom. The Balaban J connectivity index is 2.78. The summed E-state index contributed by atoms with van der Waals surface area (Å²) in [6.45, 7) is 0. The van der Waals surface area contributed by atoms with Crippen molar-refractivity contribution in [2.75, 3.05) is 0 Å². The number of nitrogens with one attached hydrogen (secondary N) is 1. The summed E-state index contributed by atoms with van der Waals surface area (Å²) in [7, 11) is 0. The van der Waals surface area contributed by atoms with Gasteiger partial charge in [-0.2, -0.15) is 4.99 Å². The van der Waals surface area contributed by atoms with E-state index in [2.05, 4.69) is 4.99 Å². The first-order valence-electron chi connectivity index (χ1n) is 3.92. The molecule has 1 rings (SSSR count). The number of hydrogen-bond acceptors (Lipinski definition) is 3. The van der Waals surface area contributed by atoms with Crippen LogP contribution in [0.25, 0.3) is 0 Å². The van der Waals surface area contributed by atoms with Crippen LogP contribution in [-0.4, -0.2) is 18.3 Å². The molecular formula is C9H8ClN3O2. The van der Waals surface area contributed by atoms with Crippen LogP contribution in [0.1, 0.15) is 5.56 Å². The number of carbonyl (C=O) groups is 1. The zero-order valence-corrected chi connectivity index (χ0v) is 8.36. The summed E-state index contributed by atoms with van der Waals surface area (Å²) < 4.78 is 4.75. The van der Waals surface area contributed by atoms with E-state index >= 15 is 0 Å². The number of nitrogens with zero attached hydrogens (tertiary/aromatic N) is 1. The molecule has 0 radical (unpaired) electrons. The third-order valence-corrected chi connectivity index (χ3v) is 1.71. The number of nitrogens with two attached hydrogens (primary N) is 1. The number of rotatable bonds is 2. The minimum Gasteiger partial charge on any atom is -0.407 e. The van der Waals surface area contributed by atoms with Crippen molar-refractivity contribution in [1.82, 2.24) is 0 Å². The molecule has 1 aromatic rings. The Bertz CT molecular complexity index is 418. The minimum atomic E-state index is -0.380. The van der Waals surface area contributed by atoms with Crippen molar-refractivity contribution in [2.24, 2.45) is 10.7 Å². The van der Waals surface area contributed by atoms with E-state index in [4.69, 9.17) is 27.5 Å². The standard InChI is InChI=1S/C9H8ClN3O2/c10-7-3-1-2-6(4-7)8(11)15-9(12)13-5-14/h1-5,11H,(H2,12,13,14). The van der Waals surface area contributed by atoms with Crippen LogP contribution in [0.15, 0.2) is 29.3 Å². The monoisotopic (exact) mass is 225 g/mol. The van der Waals surface area contributed by atoms with Crippen molar-refractivity contribution in [3.05, 3.63) is 34.9 Å². The van der Waals surface area contributed by atoms with Crippen LogP contribution < -0.4 is 5.73 Å². The van der Waals surface area contributed by atoms with E-state index < -0.39 is 0 Å². The van der Waals surface area contributed by atoms with Gasteiger partial charge in [-0.1, -0.05) is 17.7 Å². The second-order valence-corrected chi connectivity index (χ2v) is 2.95. The molecule has 1 aromatic carbocycles. The SMILES string of the molecule is N=C(OC(N)=NC=O)c1cccc(Cl)c1. The molecule has 0 aliphatic carbocycles. The number of aliphatic imine (C=N–C) groups is 1. The molecule has 0 saturated carbocycles. The first-order valence-corrected chi connectivity index (χ1v) is 4.30. The smallest absolute Gasteiger partial charge is 0.296 e. The predicted octanol–water partition coefficient (Wildman–Crippen LogP) is 1.15. The van der Waals surface area contributed by atoms with E-state index in [0.717, 1.165) is 0 Å². The average molecular weight is 226 g/mol. The topological polar surface area (TPSA) is 88.5 Å². The minimum absolute atomic E-state index is 0.222. The Kier molecular flexibility index (Phi) is 3.82. The van der Waals surface area contributed by atoms with Gasteiger partial charge in [-0.15, -0.1) is 0 Å². The van der Waals surface area contributed by atoms with Crippen molar-refractivity contribution in [1.29, 1.82) is 5.41 Å². The molecule has 0 unspecified atom stereocenters. The Morgan fingerprint density at radius 2 is 2.33 bits per heavy atom. The van der Waals surface area contributed by atoms with Gasteiger partial charge in [0.05, 0.1) is 0 Å². The number of carbonyl (C=O) groups excluding carboxylic acids is 1. The van der Waals surface area contributed by atoms with E-state index in [0.29, 0.717) is 10.6 Å². The van der Waals surface area contributed by atoms with Gasteiger partial charge < -0.3 is 10.5 Å². The molecule has 0 fully saturated rings. The molecule has 0 aliphatic rings. The summed E-state index contributed by atoms with van der Waals surface area (Å²) in [6, 6.07) is 6.12. The summed E-state index contributed by atoms with van der Waals surface area (Å²) in [5.74, 6) is -0.222. The lowest BCUT2D eigenvalue weighted by Crippen LogP contribution is -2.21. The van der Waals surface area contributed by atoms with Crippen LogP contribution in [0.2, 0.25) is 5.02 Å². The maximum Gasteiger partial charge on any atom is 0.296 e. The van der Waals surface area contributed by atoms with Crippen molar-refractivity contribution in [2.45, 2.75) is 0 Å². The summed E-state index contributed by atoms with van der Waals surface area (Å²) in [5, 5.41) is 7.96. The molecule has 78 valence electrons. The third kappa shape index (κ3) is 3.40. The number of amides is 1. The van der Waals surface area contributed by atoms with Gasteiger partial charge in [0, 0.05) is 10.6 Å². The van der Waals surface area contributed by atoms with Crippen LogP contribution >= 0.6 is 11.6 Å². The zero-order chi connectivity index (χ0) is 11.3. The van der Waals surface area contributed by atoms with E-state index in [9.17, 15) is 4.79 Å². The summed E-state index contributed by atoms with van der Waals surface area (Å²) >= 11 is 5.72. The number of benzene rings is 1. The van der Waals surface area contributed by atoms with Gasteiger partial charge in [-0.3, -0.25) is 10.2 Å². The molecule has 5 nitrogen and oxygen atoms in total. The van der Waals surface area contributed by atoms with Gasteiger partial charge in [0.2, 0.25) is 12.3 Å².